The third-order valence-corrected chi connectivity index (χ3v) is 12.5. The summed E-state index contributed by atoms with van der Waals surface area (Å²) in [6.45, 7) is 1.45. The summed E-state index contributed by atoms with van der Waals surface area (Å²) in [5, 5.41) is 16.9. The molecule has 4 aromatic rings. The zero-order valence-corrected chi connectivity index (χ0v) is 34.5. The lowest BCUT2D eigenvalue weighted by molar-refractivity contribution is -0.215. The van der Waals surface area contributed by atoms with Gasteiger partial charge in [0.05, 0.1) is 41.7 Å². The molecule has 5 aliphatic rings. The fraction of sp³-hybridized carbons (Fsp3) is 0.409. The van der Waals surface area contributed by atoms with Crippen LogP contribution in [0.15, 0.2) is 59.8 Å². The monoisotopic (exact) mass is 835 g/mol. The maximum absolute atomic E-state index is 13.3. The Morgan fingerprint density at radius 2 is 1.67 bits per heavy atom. The number of aryl methyl sites for hydroxylation is 1. The molecule has 2 aliphatic heterocycles. The molecule has 0 radical (unpaired) electrons. The molecular weight excluding hydrogens is 787 g/mol. The Morgan fingerprint density at radius 1 is 0.984 bits per heavy atom. The molecule has 5 amide bonds. The van der Waals surface area contributed by atoms with Gasteiger partial charge in [-0.2, -0.15) is 0 Å². The zero-order chi connectivity index (χ0) is 43.6. The van der Waals surface area contributed by atoms with Gasteiger partial charge in [-0.1, -0.05) is 6.07 Å². The van der Waals surface area contributed by atoms with Crippen molar-refractivity contribution in [1.82, 2.24) is 30.0 Å². The number of carbonyl (C=O) groups is 6. The van der Waals surface area contributed by atoms with E-state index >= 15 is 0 Å². The van der Waals surface area contributed by atoms with E-state index in [0.29, 0.717) is 42.2 Å². The van der Waals surface area contributed by atoms with Gasteiger partial charge in [-0.05, 0) is 93.3 Å². The van der Waals surface area contributed by atoms with E-state index in [0.717, 1.165) is 65.5 Å². The highest BCUT2D eigenvalue weighted by Crippen LogP contribution is 2.70. The van der Waals surface area contributed by atoms with Gasteiger partial charge in [-0.3, -0.25) is 53.7 Å². The number of hydrogen-bond donors (Lipinski definition) is 4. The van der Waals surface area contributed by atoms with E-state index in [9.17, 15) is 28.8 Å². The summed E-state index contributed by atoms with van der Waals surface area (Å²) >= 11 is 0. The molecule has 4 heterocycles. The SMILES string of the molecule is COc1cc(-c2cn(C)c(=O)c3cnccc23)cc(OC)c1CN(C)C12CC(C(=O)NCCCCCNc3cccc4c3C(=O)N(C3CCC(=O)NC3=O)C4=O)(C1)C2.O=CO. The van der Waals surface area contributed by atoms with Gasteiger partial charge in [0.25, 0.3) is 23.8 Å². The summed E-state index contributed by atoms with van der Waals surface area (Å²) in [6.07, 6.45) is 10.0. The minimum atomic E-state index is -1.01. The van der Waals surface area contributed by atoms with Crippen molar-refractivity contribution in [3.8, 4) is 22.6 Å². The van der Waals surface area contributed by atoms with Crippen molar-refractivity contribution >= 4 is 52.5 Å². The lowest BCUT2D eigenvalue weighted by Gasteiger charge is -2.72. The number of nitrogens with one attached hydrogen (secondary N) is 3. The van der Waals surface area contributed by atoms with Crippen molar-refractivity contribution in [2.45, 2.75) is 69.5 Å². The first-order valence-electron chi connectivity index (χ1n) is 20.2. The summed E-state index contributed by atoms with van der Waals surface area (Å²) in [7, 11) is 7.09. The maximum Gasteiger partial charge on any atom is 0.290 e. The van der Waals surface area contributed by atoms with Crippen LogP contribution in [0.5, 0.6) is 11.5 Å². The van der Waals surface area contributed by atoms with Crippen LogP contribution < -0.4 is 31.0 Å². The molecule has 2 bridgehead atoms. The van der Waals surface area contributed by atoms with E-state index in [-0.39, 0.29) is 52.9 Å². The number of piperidine rings is 1. The van der Waals surface area contributed by atoms with Crippen molar-refractivity contribution in [2.75, 3.05) is 39.7 Å². The number of hydrogen-bond acceptors (Lipinski definition) is 12. The zero-order valence-electron chi connectivity index (χ0n) is 34.5. The summed E-state index contributed by atoms with van der Waals surface area (Å²) in [6, 6.07) is 9.81. The first-order valence-corrected chi connectivity index (χ1v) is 20.2. The smallest absolute Gasteiger partial charge is 0.290 e. The number of carbonyl (C=O) groups excluding carboxylic acids is 5. The van der Waals surface area contributed by atoms with E-state index in [1.54, 1.807) is 56.4 Å². The Morgan fingerprint density at radius 3 is 2.34 bits per heavy atom. The van der Waals surface area contributed by atoms with Crippen molar-refractivity contribution < 1.29 is 43.3 Å². The van der Waals surface area contributed by atoms with Crippen LogP contribution in [0.1, 0.15) is 77.6 Å². The number of rotatable bonds is 15. The van der Waals surface area contributed by atoms with Crippen LogP contribution >= 0.6 is 0 Å². The summed E-state index contributed by atoms with van der Waals surface area (Å²) in [5.74, 6) is -0.665. The highest BCUT2D eigenvalue weighted by Gasteiger charge is 2.72. The highest BCUT2D eigenvalue weighted by molar-refractivity contribution is 6.25. The molecule has 1 unspecified atom stereocenters. The molecule has 0 spiro atoms. The van der Waals surface area contributed by atoms with E-state index in [2.05, 4.69) is 32.9 Å². The molecule has 2 aromatic carbocycles. The number of unbranched alkanes of at least 4 members (excludes halogenated alkanes) is 2. The van der Waals surface area contributed by atoms with Gasteiger partial charge in [0.2, 0.25) is 17.7 Å². The highest BCUT2D eigenvalue weighted by atomic mass is 16.5. The number of carboxylic acid groups (broad SMARTS) is 1. The fourth-order valence-electron chi connectivity index (χ4n) is 9.32. The first-order chi connectivity index (χ1) is 29.3. The van der Waals surface area contributed by atoms with Gasteiger partial charge in [-0.25, -0.2) is 0 Å². The molecule has 17 heteroatoms. The summed E-state index contributed by atoms with van der Waals surface area (Å²) in [4.78, 5) is 92.4. The molecule has 9 rings (SSSR count). The first kappa shape index (κ1) is 42.5. The number of methoxy groups -OCH3 is 2. The molecule has 3 aliphatic carbocycles. The number of aromatic nitrogens is 2. The van der Waals surface area contributed by atoms with E-state index in [1.807, 2.05) is 24.4 Å². The Bertz CT molecular complexity index is 2460. The van der Waals surface area contributed by atoms with Gasteiger partial charge >= 0.3 is 0 Å². The third-order valence-electron chi connectivity index (χ3n) is 12.5. The molecule has 4 fully saturated rings. The van der Waals surface area contributed by atoms with Crippen molar-refractivity contribution in [2.24, 2.45) is 12.5 Å². The number of imide groups is 2. The Kier molecular flexibility index (Phi) is 12.0. The van der Waals surface area contributed by atoms with Crippen LogP contribution in [0, 0.1) is 5.41 Å². The minimum Gasteiger partial charge on any atom is -0.496 e. The van der Waals surface area contributed by atoms with Crippen LogP contribution in [0.25, 0.3) is 21.9 Å². The molecule has 1 atom stereocenters. The third kappa shape index (κ3) is 7.69. The number of nitrogens with zero attached hydrogens (tertiary/aromatic N) is 4. The van der Waals surface area contributed by atoms with E-state index in [4.69, 9.17) is 19.4 Å². The van der Waals surface area contributed by atoms with Crippen molar-refractivity contribution in [3.63, 3.8) is 0 Å². The Balaban J connectivity index is 0.00000182. The number of ether oxygens (including phenoxy) is 2. The second-order valence-corrected chi connectivity index (χ2v) is 16.2. The van der Waals surface area contributed by atoms with Gasteiger partial charge in [0.15, 0.2) is 0 Å². The van der Waals surface area contributed by atoms with Crippen LogP contribution in [0.4, 0.5) is 5.69 Å². The van der Waals surface area contributed by atoms with Gasteiger partial charge in [0, 0.05) is 68.5 Å². The van der Waals surface area contributed by atoms with Gasteiger partial charge in [0.1, 0.15) is 17.5 Å². The van der Waals surface area contributed by atoms with E-state index in [1.165, 1.54) is 0 Å². The number of amides is 5. The average Bonchev–Trinajstić information content (AvgIpc) is 3.47. The average molecular weight is 836 g/mol. The lowest BCUT2D eigenvalue weighted by atomic mass is 9.38. The molecule has 4 N–H and O–H groups in total. The minimum absolute atomic E-state index is 0.0659. The summed E-state index contributed by atoms with van der Waals surface area (Å²) < 4.78 is 13.4. The van der Waals surface area contributed by atoms with E-state index < -0.39 is 29.7 Å². The number of fused-ring (bicyclic) bond motifs is 2. The maximum atomic E-state index is 13.3. The molecule has 2 aromatic heterocycles. The lowest BCUT2D eigenvalue weighted by Crippen LogP contribution is -2.77. The molecule has 1 saturated heterocycles. The van der Waals surface area contributed by atoms with Crippen molar-refractivity contribution in [1.29, 1.82) is 0 Å². The standard InChI is InChI=1S/C43H47N7O8.CH2O2/c1-48-20-29(26-13-16-44-19-28(26)38(48)53)25-17-33(57-3)30(34(18-25)58-4)21-49(2)43-22-42(23-43,24-43)41(56)46-15-7-5-6-14-45-31-10-8-9-27-36(31)40(55)50(39(27)54)32-11-12-35(51)47-37(32)52;2-1-3/h8-10,13,16-20,32,45H,5-7,11-12,14-15,21-24H2,1-4H3,(H,46,56)(H,47,51,52);1H,(H,2,3). The molecule has 17 nitrogen and oxygen atoms in total. The molecule has 61 heavy (non-hydrogen) atoms. The van der Waals surface area contributed by atoms with Crippen LogP contribution in [-0.4, -0.2) is 106 Å². The Labute approximate surface area is 351 Å². The quantitative estimate of drug-likeness (QED) is 0.0767. The molecule has 3 saturated carbocycles. The second kappa shape index (κ2) is 17.2. The van der Waals surface area contributed by atoms with Crippen LogP contribution in [0.2, 0.25) is 0 Å². The second-order valence-electron chi connectivity index (χ2n) is 16.2. The fourth-order valence-corrected chi connectivity index (χ4v) is 9.32. The topological polar surface area (TPSA) is 219 Å². The largest absolute Gasteiger partial charge is 0.496 e. The number of pyridine rings is 2. The summed E-state index contributed by atoms with van der Waals surface area (Å²) in [5.41, 5.74) is 3.13. The van der Waals surface area contributed by atoms with Gasteiger partial charge in [-0.15, -0.1) is 0 Å². The van der Waals surface area contributed by atoms with Crippen LogP contribution in [-0.2, 0) is 32.8 Å². The number of benzene rings is 2. The van der Waals surface area contributed by atoms with Gasteiger partial charge < -0.3 is 29.8 Å². The molecular formula is C44H49N7O10. The van der Waals surface area contributed by atoms with Crippen LogP contribution in [0.3, 0.4) is 0 Å². The predicted molar refractivity (Wildman–Crippen MR) is 223 cm³/mol. The Hall–Kier alpha value is -6.62. The van der Waals surface area contributed by atoms with Crippen molar-refractivity contribution in [3.05, 3.63) is 82.0 Å². The normalized spacial score (nSPS) is 21.1. The number of anilines is 1. The predicted octanol–water partition coefficient (Wildman–Crippen LogP) is 3.47. The molecule has 320 valence electrons.